The van der Waals surface area contributed by atoms with Crippen LogP contribution in [-0.2, 0) is 9.53 Å². The lowest BCUT2D eigenvalue weighted by molar-refractivity contribution is -0.133. The lowest BCUT2D eigenvalue weighted by Gasteiger charge is -2.33. The molecule has 16 heavy (non-hydrogen) atoms. The second kappa shape index (κ2) is 6.21. The molecule has 0 aromatic rings. The highest BCUT2D eigenvalue weighted by molar-refractivity contribution is 5.82. The zero-order chi connectivity index (χ0) is 12.0. The molecule has 3 N–H and O–H groups in total. The molecular weight excluding hydrogens is 204 g/mol. The molecule has 1 aliphatic rings. The highest BCUT2D eigenvalue weighted by Gasteiger charge is 2.35. The third kappa shape index (κ3) is 3.46. The first kappa shape index (κ1) is 13.5. The van der Waals surface area contributed by atoms with Crippen molar-refractivity contribution in [2.75, 3.05) is 20.3 Å². The summed E-state index contributed by atoms with van der Waals surface area (Å²) in [6.07, 6.45) is 5.54. The number of nitrogens with two attached hydrogens (primary N) is 1. The molecule has 4 heteroatoms. The van der Waals surface area contributed by atoms with Crippen LogP contribution in [0.25, 0.3) is 0 Å². The predicted molar refractivity (Wildman–Crippen MR) is 64.1 cm³/mol. The number of amides is 1. The van der Waals surface area contributed by atoms with Gasteiger partial charge in [-0.25, -0.2) is 0 Å². The van der Waals surface area contributed by atoms with Gasteiger partial charge in [0.05, 0.1) is 12.6 Å². The van der Waals surface area contributed by atoms with Gasteiger partial charge in [0, 0.05) is 19.1 Å². The molecule has 1 atom stereocenters. The normalized spacial score (nSPS) is 21.4. The quantitative estimate of drug-likeness (QED) is 0.739. The van der Waals surface area contributed by atoms with Gasteiger partial charge in [-0.15, -0.1) is 0 Å². The highest BCUT2D eigenvalue weighted by atomic mass is 16.5. The summed E-state index contributed by atoms with van der Waals surface area (Å²) in [5.74, 6) is 0.139. The van der Waals surface area contributed by atoms with E-state index in [2.05, 4.69) is 12.2 Å². The zero-order valence-corrected chi connectivity index (χ0v) is 10.4. The van der Waals surface area contributed by atoms with E-state index in [9.17, 15) is 4.79 Å². The van der Waals surface area contributed by atoms with Gasteiger partial charge in [0.2, 0.25) is 5.91 Å². The van der Waals surface area contributed by atoms with Crippen molar-refractivity contribution in [3.63, 3.8) is 0 Å². The molecular formula is C12H24N2O2. The van der Waals surface area contributed by atoms with Gasteiger partial charge in [-0.05, 0) is 12.8 Å². The molecule has 0 aliphatic heterocycles. The van der Waals surface area contributed by atoms with Crippen molar-refractivity contribution < 1.29 is 9.53 Å². The summed E-state index contributed by atoms with van der Waals surface area (Å²) in [4.78, 5) is 12.1. The number of hydrogen-bond donors (Lipinski definition) is 2. The Labute approximate surface area is 97.9 Å². The monoisotopic (exact) mass is 228 g/mol. The lowest BCUT2D eigenvalue weighted by Crippen LogP contribution is -2.49. The SMILES string of the molecule is COCC(CN)NC(=O)C1(C)CCCCC1. The Morgan fingerprint density at radius 2 is 2.06 bits per heavy atom. The molecule has 0 aromatic carbocycles. The van der Waals surface area contributed by atoms with Crippen LogP contribution in [0.4, 0.5) is 0 Å². The van der Waals surface area contributed by atoms with Crippen molar-refractivity contribution in [2.45, 2.75) is 45.1 Å². The summed E-state index contributed by atoms with van der Waals surface area (Å²) in [6, 6.07) is -0.0590. The number of rotatable bonds is 5. The first-order valence-corrected chi connectivity index (χ1v) is 6.12. The first-order chi connectivity index (χ1) is 7.62. The fourth-order valence-electron chi connectivity index (χ4n) is 2.29. The minimum absolute atomic E-state index is 0.0590. The highest BCUT2D eigenvalue weighted by Crippen LogP contribution is 2.35. The summed E-state index contributed by atoms with van der Waals surface area (Å²) >= 11 is 0. The van der Waals surface area contributed by atoms with Crippen molar-refractivity contribution in [1.82, 2.24) is 5.32 Å². The molecule has 1 unspecified atom stereocenters. The van der Waals surface area contributed by atoms with Gasteiger partial charge in [-0.1, -0.05) is 26.2 Å². The molecule has 4 nitrogen and oxygen atoms in total. The van der Waals surface area contributed by atoms with Gasteiger partial charge in [0.15, 0.2) is 0 Å². The maximum Gasteiger partial charge on any atom is 0.226 e. The number of ether oxygens (including phenoxy) is 1. The van der Waals surface area contributed by atoms with E-state index in [1.807, 2.05) is 0 Å². The third-order valence-corrected chi connectivity index (χ3v) is 3.49. The topological polar surface area (TPSA) is 64.3 Å². The summed E-state index contributed by atoms with van der Waals surface area (Å²) in [6.45, 7) is 2.97. The van der Waals surface area contributed by atoms with Crippen LogP contribution in [0.15, 0.2) is 0 Å². The van der Waals surface area contributed by atoms with Crippen LogP contribution >= 0.6 is 0 Å². The first-order valence-electron chi connectivity index (χ1n) is 6.12. The largest absolute Gasteiger partial charge is 0.383 e. The van der Waals surface area contributed by atoms with Gasteiger partial charge in [0.25, 0.3) is 0 Å². The molecule has 1 aliphatic carbocycles. The molecule has 1 saturated carbocycles. The standard InChI is InChI=1S/C12H24N2O2/c1-12(6-4-3-5-7-12)11(15)14-10(8-13)9-16-2/h10H,3-9,13H2,1-2H3,(H,14,15). The Balaban J connectivity index is 2.48. The maximum absolute atomic E-state index is 12.1. The fourth-order valence-corrected chi connectivity index (χ4v) is 2.29. The maximum atomic E-state index is 12.1. The van der Waals surface area contributed by atoms with Gasteiger partial charge in [-0.2, -0.15) is 0 Å². The molecule has 0 saturated heterocycles. The van der Waals surface area contributed by atoms with Gasteiger partial charge in [-0.3, -0.25) is 4.79 Å². The Morgan fingerprint density at radius 1 is 1.44 bits per heavy atom. The van der Waals surface area contributed by atoms with Gasteiger partial charge >= 0.3 is 0 Å². The van der Waals surface area contributed by atoms with Crippen LogP contribution in [0.1, 0.15) is 39.0 Å². The van der Waals surface area contributed by atoms with Crippen molar-refractivity contribution in [3.8, 4) is 0 Å². The Hall–Kier alpha value is -0.610. The van der Waals surface area contributed by atoms with Crippen molar-refractivity contribution in [3.05, 3.63) is 0 Å². The molecule has 0 radical (unpaired) electrons. The van der Waals surface area contributed by atoms with E-state index in [1.54, 1.807) is 7.11 Å². The van der Waals surface area contributed by atoms with E-state index in [4.69, 9.17) is 10.5 Å². The van der Waals surface area contributed by atoms with Crippen LogP contribution in [0.5, 0.6) is 0 Å². The molecule has 0 heterocycles. The predicted octanol–water partition coefficient (Wildman–Crippen LogP) is 1.05. The summed E-state index contributed by atoms with van der Waals surface area (Å²) in [5, 5.41) is 2.99. The van der Waals surface area contributed by atoms with Gasteiger partial charge < -0.3 is 15.8 Å². The van der Waals surface area contributed by atoms with Crippen molar-refractivity contribution in [1.29, 1.82) is 0 Å². The zero-order valence-electron chi connectivity index (χ0n) is 10.4. The van der Waals surface area contributed by atoms with E-state index in [1.165, 1.54) is 6.42 Å². The number of methoxy groups -OCH3 is 1. The number of nitrogens with one attached hydrogen (secondary N) is 1. The minimum Gasteiger partial charge on any atom is -0.383 e. The van der Waals surface area contributed by atoms with Crippen molar-refractivity contribution >= 4 is 5.91 Å². The van der Waals surface area contributed by atoms with E-state index in [0.29, 0.717) is 13.2 Å². The van der Waals surface area contributed by atoms with Crippen LogP contribution in [0.2, 0.25) is 0 Å². The molecule has 1 rings (SSSR count). The average molecular weight is 228 g/mol. The Morgan fingerprint density at radius 3 is 2.56 bits per heavy atom. The van der Waals surface area contributed by atoms with E-state index in [-0.39, 0.29) is 17.4 Å². The molecule has 0 aromatic heterocycles. The Kier molecular flexibility index (Phi) is 5.22. The summed E-state index contributed by atoms with van der Waals surface area (Å²) in [5.41, 5.74) is 5.39. The number of carbonyl (C=O) groups excluding carboxylic acids is 1. The minimum atomic E-state index is -0.195. The molecule has 0 bridgehead atoms. The van der Waals surface area contributed by atoms with Crippen LogP contribution in [0, 0.1) is 5.41 Å². The fraction of sp³-hybridized carbons (Fsp3) is 0.917. The average Bonchev–Trinajstić information content (AvgIpc) is 2.29. The van der Waals surface area contributed by atoms with E-state index >= 15 is 0 Å². The third-order valence-electron chi connectivity index (χ3n) is 3.49. The van der Waals surface area contributed by atoms with Crippen molar-refractivity contribution in [2.24, 2.45) is 11.1 Å². The van der Waals surface area contributed by atoms with E-state index < -0.39 is 0 Å². The molecule has 0 spiro atoms. The molecule has 94 valence electrons. The molecule has 1 amide bonds. The van der Waals surface area contributed by atoms with Gasteiger partial charge in [0.1, 0.15) is 0 Å². The Bertz CT molecular complexity index is 225. The van der Waals surface area contributed by atoms with Crippen LogP contribution < -0.4 is 11.1 Å². The lowest BCUT2D eigenvalue weighted by atomic mass is 9.75. The second-order valence-electron chi connectivity index (χ2n) is 4.98. The second-order valence-corrected chi connectivity index (χ2v) is 4.98. The molecule has 1 fully saturated rings. The summed E-state index contributed by atoms with van der Waals surface area (Å²) < 4.78 is 5.02. The number of carbonyl (C=O) groups is 1. The number of hydrogen-bond acceptors (Lipinski definition) is 3. The van der Waals surface area contributed by atoms with E-state index in [0.717, 1.165) is 25.7 Å². The van der Waals surface area contributed by atoms with Crippen LogP contribution in [0.3, 0.4) is 0 Å². The van der Waals surface area contributed by atoms with Crippen LogP contribution in [-0.4, -0.2) is 32.2 Å². The smallest absolute Gasteiger partial charge is 0.226 e. The summed E-state index contributed by atoms with van der Waals surface area (Å²) in [7, 11) is 1.62.